The molecule has 0 saturated heterocycles. The molecule has 0 aliphatic rings. The van der Waals surface area contributed by atoms with Gasteiger partial charge < -0.3 is 14.8 Å². The van der Waals surface area contributed by atoms with E-state index >= 15 is 0 Å². The van der Waals surface area contributed by atoms with E-state index in [0.29, 0.717) is 12.6 Å². The van der Waals surface area contributed by atoms with E-state index in [1.54, 1.807) is 19.2 Å². The van der Waals surface area contributed by atoms with Crippen LogP contribution in [-0.2, 0) is 0 Å². The summed E-state index contributed by atoms with van der Waals surface area (Å²) < 4.78 is 24.7. The van der Waals surface area contributed by atoms with Gasteiger partial charge in [-0.3, -0.25) is 0 Å². The second kappa shape index (κ2) is 6.83. The average Bonchev–Trinajstić information content (AvgIpc) is 2.52. The van der Waals surface area contributed by atoms with Crippen molar-refractivity contribution in [2.45, 2.75) is 13.3 Å². The third kappa shape index (κ3) is 3.36. The number of methoxy groups -OCH3 is 1. The maximum Gasteiger partial charge on any atom is 0.321 e. The first-order valence-corrected chi connectivity index (χ1v) is 6.59. The van der Waals surface area contributed by atoms with Crippen molar-refractivity contribution in [3.63, 3.8) is 0 Å². The molecule has 1 N–H and O–H groups in total. The fraction of sp³-hybridized carbons (Fsp3) is 0.357. The topological polar surface area (TPSA) is 69.2 Å². The highest BCUT2D eigenvalue weighted by molar-refractivity contribution is 5.60. The number of ether oxygens (including phenoxy) is 2. The van der Waals surface area contributed by atoms with Crippen LogP contribution in [-0.4, -0.2) is 35.7 Å². The number of halogens is 1. The molecule has 0 fully saturated rings. The molecule has 0 aliphatic heterocycles. The van der Waals surface area contributed by atoms with Gasteiger partial charge in [-0.15, -0.1) is 0 Å². The summed E-state index contributed by atoms with van der Waals surface area (Å²) in [5, 5.41) is 2.81. The van der Waals surface area contributed by atoms with E-state index in [0.717, 1.165) is 6.42 Å². The van der Waals surface area contributed by atoms with Gasteiger partial charge in [-0.2, -0.15) is 15.0 Å². The first-order chi connectivity index (χ1) is 10.2. The van der Waals surface area contributed by atoms with Gasteiger partial charge >= 0.3 is 6.01 Å². The van der Waals surface area contributed by atoms with Crippen LogP contribution >= 0.6 is 0 Å². The maximum atomic E-state index is 14.3. The van der Waals surface area contributed by atoms with Crippen LogP contribution in [0.3, 0.4) is 0 Å². The highest BCUT2D eigenvalue weighted by Crippen LogP contribution is 2.27. The van der Waals surface area contributed by atoms with E-state index in [2.05, 4.69) is 20.3 Å². The van der Waals surface area contributed by atoms with Crippen LogP contribution in [0, 0.1) is 5.82 Å². The second-order valence-corrected chi connectivity index (χ2v) is 4.19. The van der Waals surface area contributed by atoms with Gasteiger partial charge in [0.25, 0.3) is 0 Å². The Balaban J connectivity index is 2.47. The van der Waals surface area contributed by atoms with E-state index in [-0.39, 0.29) is 23.1 Å². The molecule has 0 aliphatic carbocycles. The summed E-state index contributed by atoms with van der Waals surface area (Å²) in [5.41, 5.74) is 0.231. The minimum Gasteiger partial charge on any atom is -0.494 e. The average molecular weight is 292 g/mol. The quantitative estimate of drug-likeness (QED) is 0.882. The van der Waals surface area contributed by atoms with Crippen molar-refractivity contribution in [1.82, 2.24) is 15.0 Å². The maximum absolute atomic E-state index is 14.3. The van der Waals surface area contributed by atoms with E-state index in [9.17, 15) is 4.39 Å². The third-order valence-corrected chi connectivity index (χ3v) is 2.70. The third-order valence-electron chi connectivity index (χ3n) is 2.70. The number of anilines is 1. The van der Waals surface area contributed by atoms with E-state index < -0.39 is 5.82 Å². The van der Waals surface area contributed by atoms with Gasteiger partial charge in [0, 0.05) is 7.05 Å². The Hall–Kier alpha value is -2.44. The van der Waals surface area contributed by atoms with Crippen LogP contribution in [0.15, 0.2) is 18.2 Å². The Kier molecular flexibility index (Phi) is 4.86. The van der Waals surface area contributed by atoms with Gasteiger partial charge in [0.1, 0.15) is 0 Å². The highest BCUT2D eigenvalue weighted by Gasteiger charge is 2.15. The second-order valence-electron chi connectivity index (χ2n) is 4.19. The van der Waals surface area contributed by atoms with Gasteiger partial charge in [-0.1, -0.05) is 13.0 Å². The van der Waals surface area contributed by atoms with Crippen molar-refractivity contribution in [3.05, 3.63) is 24.0 Å². The zero-order valence-corrected chi connectivity index (χ0v) is 12.2. The molecule has 0 amide bonds. The molecule has 2 aromatic rings. The van der Waals surface area contributed by atoms with E-state index in [1.165, 1.54) is 13.2 Å². The molecule has 112 valence electrons. The molecule has 7 heteroatoms. The molecule has 0 saturated carbocycles. The van der Waals surface area contributed by atoms with Crippen molar-refractivity contribution in [2.24, 2.45) is 0 Å². The van der Waals surface area contributed by atoms with Crippen LogP contribution in [0.1, 0.15) is 13.3 Å². The molecule has 0 unspecified atom stereocenters. The first kappa shape index (κ1) is 15.0. The predicted molar refractivity (Wildman–Crippen MR) is 77.1 cm³/mol. The highest BCUT2D eigenvalue weighted by atomic mass is 19.1. The smallest absolute Gasteiger partial charge is 0.321 e. The predicted octanol–water partition coefficient (Wildman–Crippen LogP) is 2.52. The minimum absolute atomic E-state index is 0.134. The number of nitrogens with zero attached hydrogens (tertiary/aromatic N) is 3. The Morgan fingerprint density at radius 3 is 2.71 bits per heavy atom. The fourth-order valence-corrected chi connectivity index (χ4v) is 1.69. The SMILES string of the molecule is CCCOc1nc(NC)nc(-c2cccc(OC)c2F)n1. The van der Waals surface area contributed by atoms with Crippen LogP contribution in [0.2, 0.25) is 0 Å². The zero-order chi connectivity index (χ0) is 15.2. The molecular weight excluding hydrogens is 275 g/mol. The Morgan fingerprint density at radius 2 is 2.05 bits per heavy atom. The molecule has 1 aromatic heterocycles. The van der Waals surface area contributed by atoms with Gasteiger partial charge in [-0.25, -0.2) is 4.39 Å². The van der Waals surface area contributed by atoms with Crippen molar-refractivity contribution in [1.29, 1.82) is 0 Å². The first-order valence-electron chi connectivity index (χ1n) is 6.59. The number of nitrogens with one attached hydrogen (secondary N) is 1. The summed E-state index contributed by atoms with van der Waals surface area (Å²) in [4.78, 5) is 12.4. The van der Waals surface area contributed by atoms with E-state index in [4.69, 9.17) is 9.47 Å². The number of hydrogen-bond acceptors (Lipinski definition) is 6. The number of aromatic nitrogens is 3. The lowest BCUT2D eigenvalue weighted by Crippen LogP contribution is -2.06. The van der Waals surface area contributed by atoms with Gasteiger partial charge in [0.15, 0.2) is 17.4 Å². The van der Waals surface area contributed by atoms with Crippen molar-refractivity contribution in [3.8, 4) is 23.1 Å². The molecule has 0 atom stereocenters. The number of benzene rings is 1. The molecule has 1 aromatic carbocycles. The van der Waals surface area contributed by atoms with Crippen molar-refractivity contribution < 1.29 is 13.9 Å². The van der Waals surface area contributed by atoms with Crippen LogP contribution < -0.4 is 14.8 Å². The lowest BCUT2D eigenvalue weighted by atomic mass is 10.2. The standard InChI is InChI=1S/C14H17FN4O2/c1-4-8-21-14-18-12(17-13(16-2)19-14)9-6-5-7-10(20-3)11(9)15/h5-7H,4,8H2,1-3H3,(H,16,17,18,19). The van der Waals surface area contributed by atoms with E-state index in [1.807, 2.05) is 6.92 Å². The summed E-state index contributed by atoms with van der Waals surface area (Å²) in [6.45, 7) is 2.45. The molecule has 0 spiro atoms. The van der Waals surface area contributed by atoms with Gasteiger partial charge in [-0.05, 0) is 18.6 Å². The number of hydrogen-bond donors (Lipinski definition) is 1. The van der Waals surface area contributed by atoms with Crippen molar-refractivity contribution >= 4 is 5.95 Å². The molecule has 2 rings (SSSR count). The largest absolute Gasteiger partial charge is 0.494 e. The summed E-state index contributed by atoms with van der Waals surface area (Å²) >= 11 is 0. The monoisotopic (exact) mass is 292 g/mol. The normalized spacial score (nSPS) is 10.3. The lowest BCUT2D eigenvalue weighted by molar-refractivity contribution is 0.292. The Morgan fingerprint density at radius 1 is 1.24 bits per heavy atom. The Bertz CT molecular complexity index is 622. The zero-order valence-electron chi connectivity index (χ0n) is 12.2. The minimum atomic E-state index is -0.519. The van der Waals surface area contributed by atoms with Gasteiger partial charge in [0.05, 0.1) is 19.3 Å². The fourth-order valence-electron chi connectivity index (χ4n) is 1.69. The van der Waals surface area contributed by atoms with Crippen LogP contribution in [0.25, 0.3) is 11.4 Å². The Labute approximate surface area is 122 Å². The number of rotatable bonds is 6. The van der Waals surface area contributed by atoms with Crippen LogP contribution in [0.5, 0.6) is 11.8 Å². The summed E-state index contributed by atoms with van der Waals surface area (Å²) in [6.07, 6.45) is 0.823. The molecule has 0 radical (unpaired) electrons. The summed E-state index contributed by atoms with van der Waals surface area (Å²) in [6, 6.07) is 4.95. The summed E-state index contributed by atoms with van der Waals surface area (Å²) in [7, 11) is 3.08. The summed E-state index contributed by atoms with van der Waals surface area (Å²) in [5.74, 6) is 0.120. The molecular formula is C14H17FN4O2. The van der Waals surface area contributed by atoms with Crippen LogP contribution in [0.4, 0.5) is 10.3 Å². The molecule has 0 bridgehead atoms. The molecule has 1 heterocycles. The van der Waals surface area contributed by atoms with Gasteiger partial charge in [0.2, 0.25) is 5.95 Å². The van der Waals surface area contributed by atoms with Crippen molar-refractivity contribution in [2.75, 3.05) is 26.1 Å². The molecule has 6 nitrogen and oxygen atoms in total. The lowest BCUT2D eigenvalue weighted by Gasteiger charge is -2.09. The molecule has 21 heavy (non-hydrogen) atoms.